The lowest BCUT2D eigenvalue weighted by atomic mass is 10.1. The molecule has 3 heterocycles. The predicted octanol–water partition coefficient (Wildman–Crippen LogP) is 4.36. The average molecular weight is 444 g/mol. The zero-order valence-corrected chi connectivity index (χ0v) is 17.9. The van der Waals surface area contributed by atoms with Crippen molar-refractivity contribution in [2.75, 3.05) is 12.4 Å². The molecule has 4 rings (SSSR count). The van der Waals surface area contributed by atoms with E-state index in [4.69, 9.17) is 16.7 Å². The lowest BCUT2D eigenvalue weighted by Crippen LogP contribution is -2.12. The number of fused-ring (bicyclic) bond motifs is 1. The number of halogens is 1. The van der Waals surface area contributed by atoms with Crippen molar-refractivity contribution in [1.82, 2.24) is 24.8 Å². The van der Waals surface area contributed by atoms with E-state index in [1.54, 1.807) is 48.1 Å². The van der Waals surface area contributed by atoms with Crippen LogP contribution in [0.4, 0.5) is 5.69 Å². The van der Waals surface area contributed by atoms with Gasteiger partial charge in [-0.05, 0) is 42.5 Å². The van der Waals surface area contributed by atoms with E-state index in [-0.39, 0.29) is 5.91 Å². The topological polar surface area (TPSA) is 97.4 Å². The monoisotopic (exact) mass is 443 g/mol. The Morgan fingerprint density at radius 3 is 2.81 bits per heavy atom. The highest BCUT2D eigenvalue weighted by Crippen LogP contribution is 2.23. The minimum Gasteiger partial charge on any atom is -0.322 e. The fraction of sp³-hybridized carbons (Fsp3) is 0.0435. The van der Waals surface area contributed by atoms with Crippen molar-refractivity contribution in [3.63, 3.8) is 0 Å². The van der Waals surface area contributed by atoms with E-state index in [0.29, 0.717) is 33.6 Å². The number of hydrogen-bond acceptors (Lipinski definition) is 6. The third-order valence-corrected chi connectivity index (χ3v) is 4.77. The molecule has 4 aromatic rings. The van der Waals surface area contributed by atoms with Crippen LogP contribution in [0, 0.1) is 0 Å². The Morgan fingerprint density at radius 1 is 1.19 bits per heavy atom. The van der Waals surface area contributed by atoms with E-state index < -0.39 is 0 Å². The molecule has 3 aromatic heterocycles. The lowest BCUT2D eigenvalue weighted by Gasteiger charge is -2.08. The van der Waals surface area contributed by atoms with E-state index in [0.717, 1.165) is 11.1 Å². The van der Waals surface area contributed by atoms with Gasteiger partial charge in [-0.1, -0.05) is 36.4 Å². The lowest BCUT2D eigenvalue weighted by molar-refractivity contribution is 0.102. The van der Waals surface area contributed by atoms with Crippen LogP contribution >= 0.6 is 11.6 Å². The van der Waals surface area contributed by atoms with Crippen LogP contribution in [0.25, 0.3) is 22.5 Å². The number of hydrogen-bond donors (Lipinski definition) is 1. The quantitative estimate of drug-likeness (QED) is 0.271. The fourth-order valence-corrected chi connectivity index (χ4v) is 3.09. The van der Waals surface area contributed by atoms with E-state index >= 15 is 0 Å². The molecule has 9 heteroatoms. The molecule has 0 aliphatic rings. The van der Waals surface area contributed by atoms with Gasteiger partial charge in [0, 0.05) is 36.3 Å². The number of carbonyl (C=O) groups excluding carboxylic acids is 1. The number of aromatic nitrogens is 5. The first-order chi connectivity index (χ1) is 15.6. The summed E-state index contributed by atoms with van der Waals surface area (Å²) in [6, 6.07) is 14.3. The minimum absolute atomic E-state index is 0.283. The van der Waals surface area contributed by atoms with E-state index in [2.05, 4.69) is 32.1 Å². The van der Waals surface area contributed by atoms with Gasteiger partial charge in [0.15, 0.2) is 11.5 Å². The van der Waals surface area contributed by atoms with Crippen molar-refractivity contribution in [2.45, 2.75) is 0 Å². The molecular formula is C23H18ClN7O. The van der Waals surface area contributed by atoms with Crippen molar-refractivity contribution in [3.8, 4) is 11.3 Å². The largest absolute Gasteiger partial charge is 0.322 e. The fourth-order valence-electron chi connectivity index (χ4n) is 2.98. The zero-order chi connectivity index (χ0) is 22.5. The maximum Gasteiger partial charge on any atom is 0.257 e. The summed E-state index contributed by atoms with van der Waals surface area (Å²) in [5.74, 6) is 0.269. The van der Waals surface area contributed by atoms with Gasteiger partial charge < -0.3 is 5.32 Å². The van der Waals surface area contributed by atoms with Gasteiger partial charge in [0.2, 0.25) is 0 Å². The Labute approximate surface area is 189 Å². The predicted molar refractivity (Wildman–Crippen MR) is 126 cm³/mol. The van der Waals surface area contributed by atoms with Crippen molar-refractivity contribution >= 4 is 40.6 Å². The molecule has 0 bridgehead atoms. The number of anilines is 1. The first-order valence-electron chi connectivity index (χ1n) is 9.60. The molecule has 0 aliphatic carbocycles. The average Bonchev–Trinajstić information content (AvgIpc) is 3.23. The second-order valence-electron chi connectivity index (χ2n) is 6.65. The number of carbonyl (C=O) groups is 1. The van der Waals surface area contributed by atoms with Crippen LogP contribution in [0.15, 0.2) is 78.5 Å². The molecule has 1 aromatic carbocycles. The normalized spacial score (nSPS) is 11.8. The van der Waals surface area contributed by atoms with Crippen LogP contribution in [0.1, 0.15) is 16.2 Å². The summed E-state index contributed by atoms with van der Waals surface area (Å²) in [7, 11) is 1.69. The summed E-state index contributed by atoms with van der Waals surface area (Å²) in [5, 5.41) is 16.3. The molecule has 0 unspecified atom stereocenters. The van der Waals surface area contributed by atoms with Crippen LogP contribution in [-0.4, -0.2) is 44.0 Å². The van der Waals surface area contributed by atoms with Gasteiger partial charge in [-0.2, -0.15) is 9.61 Å². The van der Waals surface area contributed by atoms with Crippen LogP contribution < -0.4 is 5.32 Å². The standard InChI is InChI=1S/C23H18ClN7O/c1-3-15(11-12-25-2)22-29-28-21-10-8-19(30-31(21)22)16-5-4-6-18(13-16)27-23(32)17-7-9-20(24)26-14-17/h3-14H,1H2,2H3,(H,27,32)/b15-11+,25-12?. The molecule has 1 N–H and O–H groups in total. The third-order valence-electron chi connectivity index (χ3n) is 4.55. The summed E-state index contributed by atoms with van der Waals surface area (Å²) in [4.78, 5) is 20.4. The minimum atomic E-state index is -0.283. The summed E-state index contributed by atoms with van der Waals surface area (Å²) >= 11 is 5.79. The Balaban J connectivity index is 1.66. The Kier molecular flexibility index (Phi) is 6.14. The van der Waals surface area contributed by atoms with Crippen molar-refractivity contribution < 1.29 is 4.79 Å². The van der Waals surface area contributed by atoms with Crippen molar-refractivity contribution in [3.05, 3.63) is 90.0 Å². The zero-order valence-electron chi connectivity index (χ0n) is 17.1. The Bertz CT molecular complexity index is 1360. The summed E-state index contributed by atoms with van der Waals surface area (Å²) in [5.41, 5.74) is 3.88. The molecule has 0 saturated carbocycles. The number of amides is 1. The molecule has 0 radical (unpaired) electrons. The van der Waals surface area contributed by atoms with Gasteiger partial charge >= 0.3 is 0 Å². The maximum atomic E-state index is 12.5. The van der Waals surface area contributed by atoms with Crippen molar-refractivity contribution in [2.24, 2.45) is 4.99 Å². The van der Waals surface area contributed by atoms with Gasteiger partial charge in [0.05, 0.1) is 11.3 Å². The molecule has 8 nitrogen and oxygen atoms in total. The molecule has 0 atom stereocenters. The number of aliphatic imine (C=N–C) groups is 1. The van der Waals surface area contributed by atoms with E-state index in [1.165, 1.54) is 6.20 Å². The number of nitrogens with zero attached hydrogens (tertiary/aromatic N) is 6. The molecule has 158 valence electrons. The third kappa shape index (κ3) is 4.45. The second-order valence-corrected chi connectivity index (χ2v) is 7.04. The molecule has 0 spiro atoms. The SMILES string of the molecule is C=C/C(=C\C=NC)c1nnc2ccc(-c3cccc(NC(=O)c4ccc(Cl)nc4)c3)nn12. The summed E-state index contributed by atoms with van der Waals surface area (Å²) < 4.78 is 1.65. The van der Waals surface area contributed by atoms with Gasteiger partial charge in [-0.3, -0.25) is 9.79 Å². The number of nitrogens with one attached hydrogen (secondary N) is 1. The molecular weight excluding hydrogens is 426 g/mol. The summed E-state index contributed by atoms with van der Waals surface area (Å²) in [6.07, 6.45) is 6.55. The number of rotatable bonds is 6. The highest BCUT2D eigenvalue weighted by atomic mass is 35.5. The van der Waals surface area contributed by atoms with Gasteiger partial charge in [0.1, 0.15) is 5.15 Å². The Hall–Kier alpha value is -4.17. The maximum absolute atomic E-state index is 12.5. The molecule has 1 amide bonds. The first kappa shape index (κ1) is 21.1. The smallest absolute Gasteiger partial charge is 0.257 e. The second kappa shape index (κ2) is 9.32. The first-order valence-corrected chi connectivity index (χ1v) is 9.98. The van der Waals surface area contributed by atoms with Gasteiger partial charge in [-0.15, -0.1) is 10.2 Å². The number of allylic oxidation sites excluding steroid dienone is 3. The molecule has 0 fully saturated rings. The van der Waals surface area contributed by atoms with Crippen LogP contribution in [0.5, 0.6) is 0 Å². The number of pyridine rings is 1. The number of benzene rings is 1. The van der Waals surface area contributed by atoms with Gasteiger partial charge in [-0.25, -0.2) is 4.98 Å². The van der Waals surface area contributed by atoms with Crippen LogP contribution in [-0.2, 0) is 0 Å². The highest BCUT2D eigenvalue weighted by Gasteiger charge is 2.12. The van der Waals surface area contributed by atoms with Crippen LogP contribution in [0.3, 0.4) is 0 Å². The summed E-state index contributed by atoms with van der Waals surface area (Å²) in [6.45, 7) is 3.84. The Morgan fingerprint density at radius 2 is 2.06 bits per heavy atom. The molecule has 0 saturated heterocycles. The van der Waals surface area contributed by atoms with Crippen molar-refractivity contribution in [1.29, 1.82) is 0 Å². The van der Waals surface area contributed by atoms with E-state index in [9.17, 15) is 4.79 Å². The molecule has 32 heavy (non-hydrogen) atoms. The van der Waals surface area contributed by atoms with E-state index in [1.807, 2.05) is 30.3 Å². The van der Waals surface area contributed by atoms with Crippen LogP contribution in [0.2, 0.25) is 5.15 Å². The van der Waals surface area contributed by atoms with Gasteiger partial charge in [0.25, 0.3) is 5.91 Å². The molecule has 0 aliphatic heterocycles. The highest BCUT2D eigenvalue weighted by molar-refractivity contribution is 6.29.